The first-order valence-electron chi connectivity index (χ1n) is 4.15. The van der Waals surface area contributed by atoms with Gasteiger partial charge in [-0.25, -0.2) is 4.98 Å². The number of amides is 1. The summed E-state index contributed by atoms with van der Waals surface area (Å²) < 4.78 is 4.98. The van der Waals surface area contributed by atoms with Crippen LogP contribution >= 0.6 is 11.3 Å². The molecule has 0 radical (unpaired) electrons. The van der Waals surface area contributed by atoms with Gasteiger partial charge in [-0.2, -0.15) is 0 Å². The van der Waals surface area contributed by atoms with Gasteiger partial charge in [0.25, 0.3) is 5.91 Å². The molecule has 1 amide bonds. The summed E-state index contributed by atoms with van der Waals surface area (Å²) in [7, 11) is 1.59. The van der Waals surface area contributed by atoms with Crippen LogP contribution in [0.1, 0.15) is 17.4 Å². The van der Waals surface area contributed by atoms with Crippen molar-refractivity contribution in [3.05, 3.63) is 11.1 Å². The van der Waals surface area contributed by atoms with E-state index in [-0.39, 0.29) is 12.0 Å². The molecule has 0 saturated heterocycles. The predicted molar refractivity (Wildman–Crippen MR) is 55.3 cm³/mol. The van der Waals surface area contributed by atoms with E-state index in [1.54, 1.807) is 12.5 Å². The van der Waals surface area contributed by atoms with Gasteiger partial charge in [0.1, 0.15) is 5.69 Å². The zero-order valence-corrected chi connectivity index (χ0v) is 8.93. The van der Waals surface area contributed by atoms with Crippen LogP contribution in [0.3, 0.4) is 0 Å². The van der Waals surface area contributed by atoms with Gasteiger partial charge in [0.05, 0.1) is 6.10 Å². The fourth-order valence-corrected chi connectivity index (χ4v) is 1.35. The summed E-state index contributed by atoms with van der Waals surface area (Å²) in [5.41, 5.74) is 5.76. The van der Waals surface area contributed by atoms with Crippen molar-refractivity contribution in [2.24, 2.45) is 0 Å². The fourth-order valence-electron chi connectivity index (χ4n) is 0.802. The molecule has 1 aromatic rings. The molecule has 5 nitrogen and oxygen atoms in total. The van der Waals surface area contributed by atoms with Crippen molar-refractivity contribution in [1.82, 2.24) is 10.3 Å². The van der Waals surface area contributed by atoms with Crippen molar-refractivity contribution in [3.8, 4) is 0 Å². The van der Waals surface area contributed by atoms with Gasteiger partial charge in [-0.15, -0.1) is 11.3 Å². The largest absolute Gasteiger partial charge is 0.380 e. The Kier molecular flexibility index (Phi) is 3.84. The highest BCUT2D eigenvalue weighted by molar-refractivity contribution is 7.13. The third-order valence-corrected chi connectivity index (χ3v) is 2.38. The molecule has 1 atom stereocenters. The molecule has 0 bridgehead atoms. The summed E-state index contributed by atoms with van der Waals surface area (Å²) in [4.78, 5) is 15.3. The maximum atomic E-state index is 11.4. The third-order valence-electron chi connectivity index (χ3n) is 1.71. The number of carbonyl (C=O) groups is 1. The van der Waals surface area contributed by atoms with Gasteiger partial charge in [-0.3, -0.25) is 4.79 Å². The number of nitrogen functional groups attached to an aromatic ring is 1. The fraction of sp³-hybridized carbons (Fsp3) is 0.500. The number of anilines is 1. The number of aromatic nitrogens is 1. The third kappa shape index (κ3) is 2.97. The molecule has 0 aliphatic carbocycles. The van der Waals surface area contributed by atoms with Crippen LogP contribution in [0, 0.1) is 0 Å². The number of hydrogen-bond acceptors (Lipinski definition) is 5. The zero-order chi connectivity index (χ0) is 10.6. The SMILES string of the molecule is COC(C)CNC(=O)c1csc(N)n1. The van der Waals surface area contributed by atoms with Crippen LogP contribution in [-0.2, 0) is 4.74 Å². The molecular formula is C8H13N3O2S. The second-order valence-electron chi connectivity index (χ2n) is 2.83. The Morgan fingerprint density at radius 1 is 1.86 bits per heavy atom. The minimum Gasteiger partial charge on any atom is -0.380 e. The Morgan fingerprint density at radius 3 is 3.07 bits per heavy atom. The van der Waals surface area contributed by atoms with Gasteiger partial charge in [-0.1, -0.05) is 0 Å². The molecule has 3 N–H and O–H groups in total. The van der Waals surface area contributed by atoms with Crippen LogP contribution in [0.25, 0.3) is 0 Å². The van der Waals surface area contributed by atoms with Crippen LogP contribution in [-0.4, -0.2) is 30.6 Å². The van der Waals surface area contributed by atoms with Gasteiger partial charge < -0.3 is 15.8 Å². The number of hydrogen-bond donors (Lipinski definition) is 2. The first kappa shape index (κ1) is 10.9. The number of nitrogens with two attached hydrogens (primary N) is 1. The molecule has 0 aromatic carbocycles. The van der Waals surface area contributed by atoms with E-state index in [0.717, 1.165) is 0 Å². The number of ether oxygens (including phenoxy) is 1. The van der Waals surface area contributed by atoms with Gasteiger partial charge in [0.2, 0.25) is 0 Å². The van der Waals surface area contributed by atoms with Crippen molar-refractivity contribution >= 4 is 22.4 Å². The summed E-state index contributed by atoms with van der Waals surface area (Å²) in [5.74, 6) is -0.221. The quantitative estimate of drug-likeness (QED) is 0.766. The lowest BCUT2D eigenvalue weighted by Crippen LogP contribution is -2.31. The first-order valence-corrected chi connectivity index (χ1v) is 5.03. The Labute approximate surface area is 86.3 Å². The molecule has 6 heteroatoms. The van der Waals surface area contributed by atoms with Gasteiger partial charge in [0, 0.05) is 19.0 Å². The second-order valence-corrected chi connectivity index (χ2v) is 3.72. The van der Waals surface area contributed by atoms with E-state index in [1.807, 2.05) is 6.92 Å². The molecule has 0 spiro atoms. The lowest BCUT2D eigenvalue weighted by molar-refractivity contribution is 0.0867. The van der Waals surface area contributed by atoms with Crippen molar-refractivity contribution in [2.75, 3.05) is 19.4 Å². The number of nitrogens with zero attached hydrogens (tertiary/aromatic N) is 1. The van der Waals surface area contributed by atoms with E-state index in [2.05, 4.69) is 10.3 Å². The number of nitrogens with one attached hydrogen (secondary N) is 1. The number of rotatable bonds is 4. The molecule has 0 aliphatic rings. The Bertz CT molecular complexity index is 313. The Morgan fingerprint density at radius 2 is 2.57 bits per heavy atom. The average Bonchev–Trinajstić information content (AvgIpc) is 2.60. The minimum absolute atomic E-state index is 0.00469. The maximum absolute atomic E-state index is 11.4. The topological polar surface area (TPSA) is 77.2 Å². The number of carbonyl (C=O) groups excluding carboxylic acids is 1. The molecule has 1 unspecified atom stereocenters. The highest BCUT2D eigenvalue weighted by Gasteiger charge is 2.10. The highest BCUT2D eigenvalue weighted by Crippen LogP contribution is 2.10. The highest BCUT2D eigenvalue weighted by atomic mass is 32.1. The van der Waals surface area contributed by atoms with Crippen molar-refractivity contribution in [3.63, 3.8) is 0 Å². The van der Waals surface area contributed by atoms with Gasteiger partial charge in [-0.05, 0) is 6.92 Å². The molecule has 1 heterocycles. The van der Waals surface area contributed by atoms with E-state index in [1.165, 1.54) is 11.3 Å². The zero-order valence-electron chi connectivity index (χ0n) is 8.11. The van der Waals surface area contributed by atoms with E-state index < -0.39 is 0 Å². The summed E-state index contributed by atoms with van der Waals surface area (Å²) in [6, 6.07) is 0. The molecule has 1 aromatic heterocycles. The summed E-state index contributed by atoms with van der Waals surface area (Å²) in [6.45, 7) is 2.34. The summed E-state index contributed by atoms with van der Waals surface area (Å²) >= 11 is 1.25. The average molecular weight is 215 g/mol. The maximum Gasteiger partial charge on any atom is 0.270 e. The van der Waals surface area contributed by atoms with Crippen LogP contribution < -0.4 is 11.1 Å². The molecule has 14 heavy (non-hydrogen) atoms. The summed E-state index contributed by atoms with van der Waals surface area (Å²) in [5, 5.41) is 4.71. The standard InChI is InChI=1S/C8H13N3O2S/c1-5(13-2)3-10-7(12)6-4-14-8(9)11-6/h4-5H,3H2,1-2H3,(H2,9,11)(H,10,12). The van der Waals surface area contributed by atoms with Crippen molar-refractivity contribution in [1.29, 1.82) is 0 Å². The van der Waals surface area contributed by atoms with Crippen LogP contribution in [0.2, 0.25) is 0 Å². The van der Waals surface area contributed by atoms with E-state index in [4.69, 9.17) is 10.5 Å². The minimum atomic E-state index is -0.221. The van der Waals surface area contributed by atoms with Gasteiger partial charge in [0.15, 0.2) is 5.13 Å². The molecule has 0 aliphatic heterocycles. The number of thiazole rings is 1. The lowest BCUT2D eigenvalue weighted by atomic mass is 10.4. The Hall–Kier alpha value is -1.14. The van der Waals surface area contributed by atoms with Crippen LogP contribution in [0.4, 0.5) is 5.13 Å². The van der Waals surface area contributed by atoms with E-state index >= 15 is 0 Å². The molecule has 78 valence electrons. The van der Waals surface area contributed by atoms with Crippen molar-refractivity contribution < 1.29 is 9.53 Å². The lowest BCUT2D eigenvalue weighted by Gasteiger charge is -2.09. The molecular weight excluding hydrogens is 202 g/mol. The molecule has 1 rings (SSSR count). The molecule has 0 fully saturated rings. The monoisotopic (exact) mass is 215 g/mol. The smallest absolute Gasteiger partial charge is 0.270 e. The number of methoxy groups -OCH3 is 1. The van der Waals surface area contributed by atoms with E-state index in [9.17, 15) is 4.79 Å². The van der Waals surface area contributed by atoms with E-state index in [0.29, 0.717) is 17.4 Å². The second kappa shape index (κ2) is 4.92. The normalized spacial score (nSPS) is 12.4. The van der Waals surface area contributed by atoms with Crippen LogP contribution in [0.5, 0.6) is 0 Å². The predicted octanol–water partition coefficient (Wildman–Crippen LogP) is 0.490. The Balaban J connectivity index is 2.43. The summed E-state index contributed by atoms with van der Waals surface area (Å²) in [6.07, 6.45) is -0.00469. The molecule has 0 saturated carbocycles. The van der Waals surface area contributed by atoms with Crippen LogP contribution in [0.15, 0.2) is 5.38 Å². The van der Waals surface area contributed by atoms with Crippen molar-refractivity contribution in [2.45, 2.75) is 13.0 Å². The van der Waals surface area contributed by atoms with Gasteiger partial charge >= 0.3 is 0 Å². The first-order chi connectivity index (χ1) is 6.63.